The molecule has 1 aromatic rings. The van der Waals surface area contributed by atoms with Crippen LogP contribution in [0.15, 0.2) is 24.3 Å². The maximum absolute atomic E-state index is 3.64. The van der Waals surface area contributed by atoms with E-state index < -0.39 is 0 Å². The first-order chi connectivity index (χ1) is 8.75. The lowest BCUT2D eigenvalue weighted by Gasteiger charge is -2.45. The number of para-hydroxylation sites is 1. The fourth-order valence-corrected chi connectivity index (χ4v) is 3.49. The SMILES string of the molecule is CC1CCC(N2c3ccccc3CCC2C)CN1. The Morgan fingerprint density at radius 2 is 1.94 bits per heavy atom. The normalized spacial score (nSPS) is 32.1. The zero-order valence-electron chi connectivity index (χ0n) is 11.5. The molecule has 2 heterocycles. The van der Waals surface area contributed by atoms with Gasteiger partial charge in [0, 0.05) is 30.4 Å². The van der Waals surface area contributed by atoms with E-state index in [2.05, 4.69) is 48.3 Å². The molecule has 1 saturated heterocycles. The molecule has 1 fully saturated rings. The van der Waals surface area contributed by atoms with Gasteiger partial charge >= 0.3 is 0 Å². The summed E-state index contributed by atoms with van der Waals surface area (Å²) in [4.78, 5) is 2.68. The van der Waals surface area contributed by atoms with Crippen molar-refractivity contribution in [3.8, 4) is 0 Å². The first kappa shape index (κ1) is 12.0. The molecule has 3 unspecified atom stereocenters. The molecule has 3 atom stereocenters. The van der Waals surface area contributed by atoms with Crippen LogP contribution in [0.4, 0.5) is 5.69 Å². The van der Waals surface area contributed by atoms with Crippen molar-refractivity contribution in [3.63, 3.8) is 0 Å². The summed E-state index contributed by atoms with van der Waals surface area (Å²) in [5, 5.41) is 3.64. The molecule has 2 heteroatoms. The maximum atomic E-state index is 3.64. The summed E-state index contributed by atoms with van der Waals surface area (Å²) in [6.45, 7) is 5.82. The number of aryl methyl sites for hydroxylation is 1. The molecule has 0 radical (unpaired) electrons. The van der Waals surface area contributed by atoms with Crippen LogP contribution in [-0.4, -0.2) is 24.7 Å². The second-order valence-electron chi connectivity index (χ2n) is 5.96. The average Bonchev–Trinajstić information content (AvgIpc) is 2.40. The highest BCUT2D eigenvalue weighted by molar-refractivity contribution is 5.57. The Bertz CT molecular complexity index is 407. The van der Waals surface area contributed by atoms with Gasteiger partial charge in [0.05, 0.1) is 0 Å². The molecule has 0 amide bonds. The second kappa shape index (κ2) is 4.93. The summed E-state index contributed by atoms with van der Waals surface area (Å²) in [7, 11) is 0. The summed E-state index contributed by atoms with van der Waals surface area (Å²) in [5.41, 5.74) is 3.02. The van der Waals surface area contributed by atoms with Crippen molar-refractivity contribution >= 4 is 5.69 Å². The van der Waals surface area contributed by atoms with Gasteiger partial charge in [-0.2, -0.15) is 0 Å². The van der Waals surface area contributed by atoms with Crippen molar-refractivity contribution in [3.05, 3.63) is 29.8 Å². The molecule has 1 aromatic carbocycles. The Morgan fingerprint density at radius 3 is 2.72 bits per heavy atom. The molecule has 98 valence electrons. The Balaban J connectivity index is 1.86. The lowest BCUT2D eigenvalue weighted by molar-refractivity contribution is 0.346. The molecular formula is C16H24N2. The molecule has 2 nitrogen and oxygen atoms in total. The average molecular weight is 244 g/mol. The zero-order chi connectivity index (χ0) is 12.5. The molecule has 2 aliphatic heterocycles. The van der Waals surface area contributed by atoms with E-state index in [0.29, 0.717) is 18.1 Å². The van der Waals surface area contributed by atoms with Crippen molar-refractivity contribution < 1.29 is 0 Å². The molecule has 0 spiro atoms. The monoisotopic (exact) mass is 244 g/mol. The van der Waals surface area contributed by atoms with E-state index in [1.807, 2.05) is 0 Å². The van der Waals surface area contributed by atoms with E-state index in [0.717, 1.165) is 6.54 Å². The highest BCUT2D eigenvalue weighted by Gasteiger charge is 2.30. The van der Waals surface area contributed by atoms with Crippen LogP contribution in [0.2, 0.25) is 0 Å². The van der Waals surface area contributed by atoms with E-state index >= 15 is 0 Å². The predicted molar refractivity (Wildman–Crippen MR) is 77.2 cm³/mol. The third-order valence-corrected chi connectivity index (χ3v) is 4.60. The molecule has 0 aromatic heterocycles. The van der Waals surface area contributed by atoms with E-state index in [-0.39, 0.29) is 0 Å². The largest absolute Gasteiger partial charge is 0.364 e. The van der Waals surface area contributed by atoms with Crippen LogP contribution in [-0.2, 0) is 6.42 Å². The van der Waals surface area contributed by atoms with Gasteiger partial charge in [-0.1, -0.05) is 18.2 Å². The van der Waals surface area contributed by atoms with Crippen LogP contribution in [0.1, 0.15) is 38.7 Å². The topological polar surface area (TPSA) is 15.3 Å². The number of nitrogens with one attached hydrogen (secondary N) is 1. The summed E-state index contributed by atoms with van der Waals surface area (Å²) >= 11 is 0. The minimum absolute atomic E-state index is 0.678. The number of hydrogen-bond donors (Lipinski definition) is 1. The van der Waals surface area contributed by atoms with Crippen LogP contribution < -0.4 is 10.2 Å². The number of rotatable bonds is 1. The van der Waals surface area contributed by atoms with Crippen LogP contribution in [0.5, 0.6) is 0 Å². The first-order valence-corrected chi connectivity index (χ1v) is 7.35. The minimum Gasteiger partial charge on any atom is -0.364 e. The molecule has 2 aliphatic rings. The van der Waals surface area contributed by atoms with E-state index in [1.165, 1.54) is 36.9 Å². The lowest BCUT2D eigenvalue weighted by Crippen LogP contribution is -2.53. The van der Waals surface area contributed by atoms with Crippen LogP contribution in [0.3, 0.4) is 0 Å². The van der Waals surface area contributed by atoms with E-state index in [1.54, 1.807) is 0 Å². The number of nitrogens with zero attached hydrogens (tertiary/aromatic N) is 1. The number of anilines is 1. The number of fused-ring (bicyclic) bond motifs is 1. The third kappa shape index (κ3) is 2.14. The van der Waals surface area contributed by atoms with Gasteiger partial charge in [-0.3, -0.25) is 0 Å². The molecule has 0 bridgehead atoms. The van der Waals surface area contributed by atoms with Gasteiger partial charge < -0.3 is 10.2 Å². The van der Waals surface area contributed by atoms with Crippen molar-refractivity contribution in [2.75, 3.05) is 11.4 Å². The second-order valence-corrected chi connectivity index (χ2v) is 5.96. The Labute approximate surface area is 110 Å². The standard InChI is InChI=1S/C16H24N2/c1-12-7-10-15(11-17-12)18-13(2)8-9-14-5-3-4-6-16(14)18/h3-6,12-13,15,17H,7-11H2,1-2H3. The molecule has 18 heavy (non-hydrogen) atoms. The predicted octanol–water partition coefficient (Wildman–Crippen LogP) is 2.97. The van der Waals surface area contributed by atoms with Gasteiger partial charge in [0.1, 0.15) is 0 Å². The first-order valence-electron chi connectivity index (χ1n) is 7.35. The van der Waals surface area contributed by atoms with Crippen molar-refractivity contribution in [2.24, 2.45) is 0 Å². The Kier molecular flexibility index (Phi) is 3.29. The Morgan fingerprint density at radius 1 is 1.11 bits per heavy atom. The van der Waals surface area contributed by atoms with Crippen molar-refractivity contribution in [1.29, 1.82) is 0 Å². The van der Waals surface area contributed by atoms with Gasteiger partial charge in [-0.25, -0.2) is 0 Å². The summed E-state index contributed by atoms with van der Waals surface area (Å²) in [5.74, 6) is 0. The Hall–Kier alpha value is -1.02. The third-order valence-electron chi connectivity index (χ3n) is 4.60. The van der Waals surface area contributed by atoms with E-state index in [9.17, 15) is 0 Å². The molecule has 0 aliphatic carbocycles. The molecule has 1 N–H and O–H groups in total. The molecule has 3 rings (SSSR count). The summed E-state index contributed by atoms with van der Waals surface area (Å²) < 4.78 is 0. The lowest BCUT2D eigenvalue weighted by atomic mass is 9.91. The minimum atomic E-state index is 0.678. The van der Waals surface area contributed by atoms with Gasteiger partial charge in [-0.15, -0.1) is 0 Å². The van der Waals surface area contributed by atoms with Crippen molar-refractivity contribution in [2.45, 2.75) is 57.7 Å². The molecule has 0 saturated carbocycles. The van der Waals surface area contributed by atoms with Gasteiger partial charge in [0.15, 0.2) is 0 Å². The molecular weight excluding hydrogens is 220 g/mol. The number of hydrogen-bond acceptors (Lipinski definition) is 2. The van der Waals surface area contributed by atoms with E-state index in [4.69, 9.17) is 0 Å². The van der Waals surface area contributed by atoms with Crippen LogP contribution in [0.25, 0.3) is 0 Å². The van der Waals surface area contributed by atoms with Crippen LogP contribution >= 0.6 is 0 Å². The van der Waals surface area contributed by atoms with Gasteiger partial charge in [-0.05, 0) is 51.2 Å². The number of piperidine rings is 1. The highest BCUT2D eigenvalue weighted by atomic mass is 15.2. The van der Waals surface area contributed by atoms with Crippen LogP contribution in [0, 0.1) is 0 Å². The smallest absolute Gasteiger partial charge is 0.0418 e. The van der Waals surface area contributed by atoms with Gasteiger partial charge in [0.25, 0.3) is 0 Å². The maximum Gasteiger partial charge on any atom is 0.0418 e. The fourth-order valence-electron chi connectivity index (χ4n) is 3.49. The highest BCUT2D eigenvalue weighted by Crippen LogP contribution is 2.33. The quantitative estimate of drug-likeness (QED) is 0.817. The van der Waals surface area contributed by atoms with Crippen molar-refractivity contribution in [1.82, 2.24) is 5.32 Å². The van der Waals surface area contributed by atoms with Gasteiger partial charge in [0.2, 0.25) is 0 Å². The zero-order valence-corrected chi connectivity index (χ0v) is 11.5. The number of benzene rings is 1. The summed E-state index contributed by atoms with van der Waals surface area (Å²) in [6, 6.07) is 11.0. The fraction of sp³-hybridized carbons (Fsp3) is 0.625. The summed E-state index contributed by atoms with van der Waals surface area (Å²) in [6.07, 6.45) is 5.16.